The van der Waals surface area contributed by atoms with Crippen LogP contribution in [-0.4, -0.2) is 26.9 Å². The Morgan fingerprint density at radius 1 is 0.833 bits per heavy atom. The van der Waals surface area contributed by atoms with E-state index in [0.717, 1.165) is 41.4 Å². The number of methoxy groups -OCH3 is 3. The Morgan fingerprint density at radius 2 is 1.33 bits per heavy atom. The van der Waals surface area contributed by atoms with Crippen molar-refractivity contribution in [2.24, 2.45) is 17.8 Å². The maximum atomic E-state index is 5.58. The molecule has 1 N–H and O–H groups in total. The van der Waals surface area contributed by atoms with Crippen molar-refractivity contribution in [2.45, 2.75) is 50.6 Å². The summed E-state index contributed by atoms with van der Waals surface area (Å²) >= 11 is 0. The zero-order chi connectivity index (χ0) is 16.7. The van der Waals surface area contributed by atoms with Gasteiger partial charge in [0.25, 0.3) is 0 Å². The second-order valence-electron chi connectivity index (χ2n) is 8.07. The van der Waals surface area contributed by atoms with E-state index >= 15 is 0 Å². The average molecular weight is 331 g/mol. The van der Waals surface area contributed by atoms with Crippen LogP contribution in [-0.2, 0) is 6.54 Å². The van der Waals surface area contributed by atoms with Crippen molar-refractivity contribution in [2.75, 3.05) is 21.3 Å². The van der Waals surface area contributed by atoms with Crippen LogP contribution >= 0.6 is 0 Å². The minimum Gasteiger partial charge on any atom is -0.496 e. The first-order chi connectivity index (χ1) is 11.6. The van der Waals surface area contributed by atoms with Crippen LogP contribution in [0, 0.1) is 17.8 Å². The number of hydrogen-bond donors (Lipinski definition) is 1. The van der Waals surface area contributed by atoms with Crippen molar-refractivity contribution in [3.8, 4) is 17.2 Å². The molecule has 0 aliphatic heterocycles. The third-order valence-corrected chi connectivity index (χ3v) is 6.48. The summed E-state index contributed by atoms with van der Waals surface area (Å²) in [5.41, 5.74) is 1.50. The predicted octanol–water partition coefficient (Wildman–Crippen LogP) is 3.77. The molecule has 0 atom stereocenters. The number of ether oxygens (including phenoxy) is 3. The molecule has 0 aromatic heterocycles. The van der Waals surface area contributed by atoms with Gasteiger partial charge in [0.1, 0.15) is 5.75 Å². The van der Waals surface area contributed by atoms with Crippen molar-refractivity contribution in [3.05, 3.63) is 17.7 Å². The van der Waals surface area contributed by atoms with Crippen molar-refractivity contribution in [1.82, 2.24) is 5.32 Å². The molecule has 4 nitrogen and oxygen atoms in total. The van der Waals surface area contributed by atoms with Crippen LogP contribution in [0.1, 0.15) is 44.1 Å². The molecule has 4 heteroatoms. The molecule has 0 saturated heterocycles. The first kappa shape index (κ1) is 16.1. The van der Waals surface area contributed by atoms with Gasteiger partial charge in [-0.2, -0.15) is 0 Å². The zero-order valence-electron chi connectivity index (χ0n) is 15.1. The van der Waals surface area contributed by atoms with E-state index in [0.29, 0.717) is 11.3 Å². The zero-order valence-corrected chi connectivity index (χ0v) is 15.1. The maximum Gasteiger partial charge on any atom is 0.164 e. The average Bonchev–Trinajstić information content (AvgIpc) is 2.58. The largest absolute Gasteiger partial charge is 0.496 e. The Labute approximate surface area is 144 Å². The Bertz CT molecular complexity index is 578. The van der Waals surface area contributed by atoms with E-state index in [1.807, 2.05) is 12.1 Å². The molecule has 0 heterocycles. The third kappa shape index (κ3) is 2.75. The summed E-state index contributed by atoms with van der Waals surface area (Å²) in [7, 11) is 5.06. The minimum absolute atomic E-state index is 0.354. The van der Waals surface area contributed by atoms with E-state index in [-0.39, 0.29) is 0 Å². The van der Waals surface area contributed by atoms with Crippen molar-refractivity contribution in [3.63, 3.8) is 0 Å². The highest BCUT2D eigenvalue weighted by atomic mass is 16.5. The van der Waals surface area contributed by atoms with Crippen LogP contribution in [0.4, 0.5) is 0 Å². The van der Waals surface area contributed by atoms with Gasteiger partial charge in [-0.05, 0) is 62.3 Å². The van der Waals surface area contributed by atoms with Gasteiger partial charge in [0, 0.05) is 23.7 Å². The predicted molar refractivity (Wildman–Crippen MR) is 93.8 cm³/mol. The van der Waals surface area contributed by atoms with Crippen LogP contribution in [0.25, 0.3) is 0 Å². The SMILES string of the molecule is COc1cc(OC)c(OC)cc1CNC12CC3CC(CC(C3)C1)C2. The highest BCUT2D eigenvalue weighted by molar-refractivity contribution is 5.50. The van der Waals surface area contributed by atoms with E-state index in [2.05, 4.69) is 5.32 Å². The van der Waals surface area contributed by atoms with Gasteiger partial charge in [-0.15, -0.1) is 0 Å². The monoisotopic (exact) mass is 331 g/mol. The number of nitrogens with one attached hydrogen (secondary N) is 1. The van der Waals surface area contributed by atoms with Gasteiger partial charge in [-0.1, -0.05) is 0 Å². The first-order valence-corrected chi connectivity index (χ1v) is 9.18. The number of benzene rings is 1. The molecule has 0 spiro atoms. The normalized spacial score (nSPS) is 33.5. The fourth-order valence-electron chi connectivity index (χ4n) is 5.84. The van der Waals surface area contributed by atoms with E-state index in [1.165, 1.54) is 38.5 Å². The molecule has 5 rings (SSSR count). The van der Waals surface area contributed by atoms with Gasteiger partial charge in [-0.25, -0.2) is 0 Å². The third-order valence-electron chi connectivity index (χ3n) is 6.48. The molecule has 4 saturated carbocycles. The quantitative estimate of drug-likeness (QED) is 0.861. The molecule has 0 amide bonds. The fourth-order valence-corrected chi connectivity index (χ4v) is 5.84. The van der Waals surface area contributed by atoms with Gasteiger partial charge in [-0.3, -0.25) is 0 Å². The summed E-state index contributed by atoms with van der Waals surface area (Å²) in [6, 6.07) is 3.97. The standard InChI is InChI=1S/C20H29NO3/c1-22-17-8-19(24-3)18(23-2)7-16(17)12-21-20-9-13-4-14(10-20)6-15(5-13)11-20/h7-8,13-15,21H,4-6,9-12H2,1-3H3. The molecule has 1 aromatic carbocycles. The molecule has 0 unspecified atom stereocenters. The maximum absolute atomic E-state index is 5.58. The molecular weight excluding hydrogens is 302 g/mol. The van der Waals surface area contributed by atoms with Crippen molar-refractivity contribution in [1.29, 1.82) is 0 Å². The van der Waals surface area contributed by atoms with Crippen molar-refractivity contribution >= 4 is 0 Å². The molecule has 132 valence electrons. The molecule has 1 aromatic rings. The first-order valence-electron chi connectivity index (χ1n) is 9.18. The Balaban J connectivity index is 1.53. The number of hydrogen-bond acceptors (Lipinski definition) is 4. The van der Waals surface area contributed by atoms with E-state index < -0.39 is 0 Å². The Morgan fingerprint density at radius 3 is 1.83 bits per heavy atom. The van der Waals surface area contributed by atoms with E-state index in [1.54, 1.807) is 21.3 Å². The van der Waals surface area contributed by atoms with E-state index in [4.69, 9.17) is 14.2 Å². The van der Waals surface area contributed by atoms with Gasteiger partial charge < -0.3 is 19.5 Å². The molecular formula is C20H29NO3. The van der Waals surface area contributed by atoms with Crippen LogP contribution in [0.5, 0.6) is 17.2 Å². The lowest BCUT2D eigenvalue weighted by molar-refractivity contribution is -0.0206. The Hall–Kier alpha value is -1.42. The topological polar surface area (TPSA) is 39.7 Å². The molecule has 4 aliphatic rings. The summed E-state index contributed by atoms with van der Waals surface area (Å²) < 4.78 is 16.4. The second-order valence-corrected chi connectivity index (χ2v) is 8.07. The summed E-state index contributed by atoms with van der Waals surface area (Å²) in [5, 5.41) is 3.93. The summed E-state index contributed by atoms with van der Waals surface area (Å²) in [5.74, 6) is 5.21. The van der Waals surface area contributed by atoms with Crippen LogP contribution in [0.2, 0.25) is 0 Å². The van der Waals surface area contributed by atoms with Gasteiger partial charge in [0.2, 0.25) is 0 Å². The number of rotatable bonds is 6. The lowest BCUT2D eigenvalue weighted by atomic mass is 9.53. The smallest absolute Gasteiger partial charge is 0.164 e. The van der Waals surface area contributed by atoms with Crippen LogP contribution in [0.15, 0.2) is 12.1 Å². The van der Waals surface area contributed by atoms with Gasteiger partial charge >= 0.3 is 0 Å². The molecule has 4 fully saturated rings. The van der Waals surface area contributed by atoms with Crippen molar-refractivity contribution < 1.29 is 14.2 Å². The van der Waals surface area contributed by atoms with Crippen LogP contribution < -0.4 is 19.5 Å². The minimum atomic E-state index is 0.354. The molecule has 24 heavy (non-hydrogen) atoms. The summed E-state index contributed by atoms with van der Waals surface area (Å²) in [6.07, 6.45) is 8.49. The second kappa shape index (κ2) is 6.14. The van der Waals surface area contributed by atoms with E-state index in [9.17, 15) is 0 Å². The lowest BCUT2D eigenvalue weighted by Gasteiger charge is -2.57. The van der Waals surface area contributed by atoms with Gasteiger partial charge in [0.15, 0.2) is 11.5 Å². The van der Waals surface area contributed by atoms with Crippen LogP contribution in [0.3, 0.4) is 0 Å². The molecule has 4 aliphatic carbocycles. The lowest BCUT2D eigenvalue weighted by Crippen LogP contribution is -2.58. The summed E-state index contributed by atoms with van der Waals surface area (Å²) in [6.45, 7) is 0.829. The van der Waals surface area contributed by atoms with Gasteiger partial charge in [0.05, 0.1) is 21.3 Å². The summed E-state index contributed by atoms with van der Waals surface area (Å²) in [4.78, 5) is 0. The highest BCUT2D eigenvalue weighted by Gasteiger charge is 2.50. The highest BCUT2D eigenvalue weighted by Crippen LogP contribution is 2.55. The molecule has 0 radical (unpaired) electrons. The molecule has 4 bridgehead atoms. The fraction of sp³-hybridized carbons (Fsp3) is 0.700. The Kier molecular flexibility index (Phi) is 4.11.